The first-order valence-electron chi connectivity index (χ1n) is 9.89. The van der Waals surface area contributed by atoms with E-state index in [4.69, 9.17) is 25.6 Å². The zero-order valence-electron chi connectivity index (χ0n) is 16.7. The predicted molar refractivity (Wildman–Crippen MR) is 114 cm³/mol. The summed E-state index contributed by atoms with van der Waals surface area (Å²) < 4.78 is 16.5. The predicted octanol–water partition coefficient (Wildman–Crippen LogP) is 4.83. The molecule has 0 N–H and O–H groups in total. The van der Waals surface area contributed by atoms with E-state index in [-0.39, 0.29) is 12.0 Å². The summed E-state index contributed by atoms with van der Waals surface area (Å²) in [4.78, 5) is 14.9. The average molecular weight is 427 g/mol. The second-order valence-corrected chi connectivity index (χ2v) is 7.68. The van der Waals surface area contributed by atoms with Gasteiger partial charge in [-0.15, -0.1) is 0 Å². The molecule has 2 aromatic carbocycles. The molecule has 1 unspecified atom stereocenters. The van der Waals surface area contributed by atoms with Gasteiger partial charge in [0.05, 0.1) is 19.8 Å². The molecule has 1 aliphatic heterocycles. The highest BCUT2D eigenvalue weighted by Gasteiger charge is 2.25. The number of carbonyl (C=O) groups excluding carboxylic acids is 1. The number of hydrogen-bond acceptors (Lipinski definition) is 5. The van der Waals surface area contributed by atoms with Crippen LogP contribution in [0, 0.1) is 0 Å². The fourth-order valence-electron chi connectivity index (χ4n) is 3.50. The standard InChI is InChI=1S/C23H23ClN2O4/c1-28-20-10-6-16(7-11-20)22-13-19(25-30-22)14-26(15-21-3-2-12-29-21)23(27)17-4-8-18(24)9-5-17/h4-11,13,21H,2-3,12,14-15H2,1H3. The number of benzene rings is 2. The molecular weight excluding hydrogens is 404 g/mol. The van der Waals surface area contributed by atoms with Crippen LogP contribution in [0.25, 0.3) is 11.3 Å². The van der Waals surface area contributed by atoms with Gasteiger partial charge in [-0.3, -0.25) is 4.79 Å². The molecule has 0 radical (unpaired) electrons. The van der Waals surface area contributed by atoms with Crippen LogP contribution in [0.4, 0.5) is 0 Å². The maximum Gasteiger partial charge on any atom is 0.254 e. The van der Waals surface area contributed by atoms with Gasteiger partial charge in [-0.2, -0.15) is 0 Å². The van der Waals surface area contributed by atoms with Crippen molar-refractivity contribution in [1.29, 1.82) is 0 Å². The summed E-state index contributed by atoms with van der Waals surface area (Å²) in [7, 11) is 1.63. The summed E-state index contributed by atoms with van der Waals surface area (Å²) in [6.07, 6.45) is 1.99. The lowest BCUT2D eigenvalue weighted by atomic mass is 10.1. The number of rotatable bonds is 7. The maximum absolute atomic E-state index is 13.2. The Morgan fingerprint density at radius 2 is 1.97 bits per heavy atom. The molecule has 1 fully saturated rings. The minimum Gasteiger partial charge on any atom is -0.497 e. The molecule has 1 saturated heterocycles. The molecule has 0 bridgehead atoms. The van der Waals surface area contributed by atoms with Gasteiger partial charge in [0, 0.05) is 35.4 Å². The Hall–Kier alpha value is -2.83. The molecule has 2 heterocycles. The van der Waals surface area contributed by atoms with Crippen molar-refractivity contribution in [1.82, 2.24) is 10.1 Å². The largest absolute Gasteiger partial charge is 0.497 e. The van der Waals surface area contributed by atoms with Gasteiger partial charge in [-0.25, -0.2) is 0 Å². The molecular formula is C23H23ClN2O4. The van der Waals surface area contributed by atoms with E-state index in [0.29, 0.717) is 35.1 Å². The molecule has 30 heavy (non-hydrogen) atoms. The van der Waals surface area contributed by atoms with Crippen molar-refractivity contribution in [3.63, 3.8) is 0 Å². The number of ether oxygens (including phenoxy) is 2. The van der Waals surface area contributed by atoms with E-state index in [1.165, 1.54) is 0 Å². The Kier molecular flexibility index (Phi) is 6.35. The molecule has 1 atom stereocenters. The zero-order chi connectivity index (χ0) is 20.9. The molecule has 0 aliphatic carbocycles. The zero-order valence-corrected chi connectivity index (χ0v) is 17.5. The third-order valence-electron chi connectivity index (χ3n) is 5.11. The second-order valence-electron chi connectivity index (χ2n) is 7.24. The highest BCUT2D eigenvalue weighted by Crippen LogP contribution is 2.24. The maximum atomic E-state index is 13.2. The van der Waals surface area contributed by atoms with Gasteiger partial charge in [0.25, 0.3) is 5.91 Å². The van der Waals surface area contributed by atoms with E-state index in [0.717, 1.165) is 30.8 Å². The topological polar surface area (TPSA) is 64.8 Å². The van der Waals surface area contributed by atoms with Gasteiger partial charge in [0.1, 0.15) is 11.4 Å². The normalized spacial score (nSPS) is 15.9. The van der Waals surface area contributed by atoms with Crippen LogP contribution in [0.2, 0.25) is 5.02 Å². The van der Waals surface area contributed by atoms with E-state index in [2.05, 4.69) is 5.16 Å². The molecule has 6 nitrogen and oxygen atoms in total. The molecule has 4 rings (SSSR count). The average Bonchev–Trinajstić information content (AvgIpc) is 3.46. The lowest BCUT2D eigenvalue weighted by Crippen LogP contribution is -2.37. The number of aromatic nitrogens is 1. The van der Waals surface area contributed by atoms with Crippen molar-refractivity contribution in [3.05, 3.63) is 70.9 Å². The van der Waals surface area contributed by atoms with Crippen LogP contribution >= 0.6 is 11.6 Å². The molecule has 0 saturated carbocycles. The van der Waals surface area contributed by atoms with Crippen LogP contribution in [0.5, 0.6) is 5.75 Å². The first-order valence-corrected chi connectivity index (χ1v) is 10.3. The second kappa shape index (κ2) is 9.32. The quantitative estimate of drug-likeness (QED) is 0.541. The fourth-order valence-corrected chi connectivity index (χ4v) is 3.63. The number of halogens is 1. The van der Waals surface area contributed by atoms with E-state index in [1.807, 2.05) is 30.3 Å². The molecule has 1 aromatic heterocycles. The van der Waals surface area contributed by atoms with Crippen molar-refractivity contribution < 1.29 is 18.8 Å². The van der Waals surface area contributed by atoms with E-state index in [1.54, 1.807) is 36.3 Å². The molecule has 7 heteroatoms. The Bertz CT molecular complexity index is 979. The van der Waals surface area contributed by atoms with Crippen LogP contribution in [-0.4, -0.2) is 42.3 Å². The summed E-state index contributed by atoms with van der Waals surface area (Å²) in [5, 5.41) is 4.77. The smallest absolute Gasteiger partial charge is 0.254 e. The van der Waals surface area contributed by atoms with Crippen LogP contribution in [-0.2, 0) is 11.3 Å². The van der Waals surface area contributed by atoms with Crippen molar-refractivity contribution in [3.8, 4) is 17.1 Å². The number of hydrogen-bond donors (Lipinski definition) is 0. The third kappa shape index (κ3) is 4.83. The van der Waals surface area contributed by atoms with Crippen molar-refractivity contribution >= 4 is 17.5 Å². The SMILES string of the molecule is COc1ccc(-c2cc(CN(CC3CCCO3)C(=O)c3ccc(Cl)cc3)no2)cc1. The minimum atomic E-state index is -0.0869. The van der Waals surface area contributed by atoms with Gasteiger partial charge in [0.2, 0.25) is 0 Å². The Morgan fingerprint density at radius 3 is 2.63 bits per heavy atom. The van der Waals surface area contributed by atoms with Crippen molar-refractivity contribution in [2.24, 2.45) is 0 Å². The highest BCUT2D eigenvalue weighted by molar-refractivity contribution is 6.30. The van der Waals surface area contributed by atoms with Crippen molar-refractivity contribution in [2.75, 3.05) is 20.3 Å². The lowest BCUT2D eigenvalue weighted by Gasteiger charge is -2.24. The van der Waals surface area contributed by atoms with Crippen LogP contribution in [0.1, 0.15) is 28.9 Å². The van der Waals surface area contributed by atoms with Gasteiger partial charge in [-0.05, 0) is 61.4 Å². The van der Waals surface area contributed by atoms with E-state index < -0.39 is 0 Å². The summed E-state index contributed by atoms with van der Waals surface area (Å²) in [6, 6.07) is 16.3. The van der Waals surface area contributed by atoms with Gasteiger partial charge in [0.15, 0.2) is 5.76 Å². The van der Waals surface area contributed by atoms with Gasteiger partial charge >= 0.3 is 0 Å². The third-order valence-corrected chi connectivity index (χ3v) is 5.36. The molecule has 0 spiro atoms. The van der Waals surface area contributed by atoms with Gasteiger partial charge < -0.3 is 18.9 Å². The summed E-state index contributed by atoms with van der Waals surface area (Å²) in [5.74, 6) is 1.33. The number of carbonyl (C=O) groups is 1. The Labute approximate surface area is 180 Å². The van der Waals surface area contributed by atoms with E-state index >= 15 is 0 Å². The van der Waals surface area contributed by atoms with Crippen LogP contribution < -0.4 is 4.74 Å². The Balaban J connectivity index is 1.52. The highest BCUT2D eigenvalue weighted by atomic mass is 35.5. The number of nitrogens with zero attached hydrogens (tertiary/aromatic N) is 2. The molecule has 3 aromatic rings. The summed E-state index contributed by atoms with van der Waals surface area (Å²) in [5.41, 5.74) is 2.15. The number of amides is 1. The summed E-state index contributed by atoms with van der Waals surface area (Å²) >= 11 is 5.97. The molecule has 1 aliphatic rings. The number of methoxy groups -OCH3 is 1. The van der Waals surface area contributed by atoms with Crippen LogP contribution in [0.3, 0.4) is 0 Å². The lowest BCUT2D eigenvalue weighted by molar-refractivity contribution is 0.0502. The Morgan fingerprint density at radius 1 is 1.20 bits per heavy atom. The fraction of sp³-hybridized carbons (Fsp3) is 0.304. The van der Waals surface area contributed by atoms with Gasteiger partial charge in [-0.1, -0.05) is 16.8 Å². The molecule has 156 valence electrons. The monoisotopic (exact) mass is 426 g/mol. The van der Waals surface area contributed by atoms with Crippen LogP contribution in [0.15, 0.2) is 59.1 Å². The first-order chi connectivity index (χ1) is 14.6. The minimum absolute atomic E-state index is 0.0363. The molecule has 1 amide bonds. The first kappa shape index (κ1) is 20.4. The van der Waals surface area contributed by atoms with E-state index in [9.17, 15) is 4.79 Å². The summed E-state index contributed by atoms with van der Waals surface area (Å²) in [6.45, 7) is 1.58. The van der Waals surface area contributed by atoms with Crippen molar-refractivity contribution in [2.45, 2.75) is 25.5 Å².